The van der Waals surface area contributed by atoms with E-state index in [0.29, 0.717) is 23.2 Å². The van der Waals surface area contributed by atoms with Gasteiger partial charge in [-0.05, 0) is 24.3 Å². The molecule has 1 aromatic carbocycles. The molecule has 0 spiro atoms. The largest absolute Gasteiger partial charge is 0.452 e. The summed E-state index contributed by atoms with van der Waals surface area (Å²) in [5.74, 6) is 2.65. The Balaban J connectivity index is 1.94. The summed E-state index contributed by atoms with van der Waals surface area (Å²) in [6.45, 7) is -0.0291. The molecule has 0 saturated heterocycles. The molecule has 0 N–H and O–H groups in total. The van der Waals surface area contributed by atoms with Crippen LogP contribution >= 0.6 is 11.6 Å². The SMILES string of the molecule is C#CCOC(=O)CCc1nc(-c2ccc(Cl)cc2)no1. The number of aromatic nitrogens is 2. The molecule has 1 heterocycles. The first-order valence-electron chi connectivity index (χ1n) is 5.86. The van der Waals surface area contributed by atoms with Crippen LogP contribution in [-0.2, 0) is 16.0 Å². The number of hydrogen-bond donors (Lipinski definition) is 0. The molecule has 0 atom stereocenters. The third kappa shape index (κ3) is 3.84. The van der Waals surface area contributed by atoms with E-state index in [1.807, 2.05) is 0 Å². The van der Waals surface area contributed by atoms with Crippen molar-refractivity contribution in [2.24, 2.45) is 0 Å². The predicted molar refractivity (Wildman–Crippen MR) is 72.9 cm³/mol. The number of aryl methyl sites for hydroxylation is 1. The first kappa shape index (κ1) is 14.1. The van der Waals surface area contributed by atoms with Gasteiger partial charge in [0.05, 0.1) is 6.42 Å². The Hall–Kier alpha value is -2.32. The average molecular weight is 291 g/mol. The molecule has 0 aliphatic heterocycles. The number of halogens is 1. The van der Waals surface area contributed by atoms with Gasteiger partial charge < -0.3 is 9.26 Å². The topological polar surface area (TPSA) is 65.2 Å². The van der Waals surface area contributed by atoms with E-state index in [4.69, 9.17) is 27.3 Å². The van der Waals surface area contributed by atoms with Crippen LogP contribution < -0.4 is 0 Å². The number of carbonyl (C=O) groups excluding carboxylic acids is 1. The maximum absolute atomic E-state index is 11.3. The van der Waals surface area contributed by atoms with Crippen LogP contribution in [-0.4, -0.2) is 22.7 Å². The molecule has 6 heteroatoms. The highest BCUT2D eigenvalue weighted by Crippen LogP contribution is 2.18. The summed E-state index contributed by atoms with van der Waals surface area (Å²) in [7, 11) is 0. The van der Waals surface area contributed by atoms with Crippen molar-refractivity contribution < 1.29 is 14.1 Å². The molecule has 0 aliphatic carbocycles. The monoisotopic (exact) mass is 290 g/mol. The Bertz CT molecular complexity index is 629. The van der Waals surface area contributed by atoms with E-state index in [2.05, 4.69) is 16.1 Å². The van der Waals surface area contributed by atoms with Gasteiger partial charge in [0.1, 0.15) is 0 Å². The highest BCUT2D eigenvalue weighted by molar-refractivity contribution is 6.30. The summed E-state index contributed by atoms with van der Waals surface area (Å²) in [6, 6.07) is 7.06. The molecule has 0 amide bonds. The smallest absolute Gasteiger partial charge is 0.307 e. The van der Waals surface area contributed by atoms with E-state index in [-0.39, 0.29) is 13.0 Å². The molecule has 0 aliphatic rings. The van der Waals surface area contributed by atoms with Crippen molar-refractivity contribution in [3.8, 4) is 23.7 Å². The van der Waals surface area contributed by atoms with Gasteiger partial charge in [0.2, 0.25) is 11.7 Å². The second kappa shape index (κ2) is 6.73. The molecular formula is C14H11ClN2O3. The molecule has 0 fully saturated rings. The second-order valence-corrected chi connectivity index (χ2v) is 4.32. The highest BCUT2D eigenvalue weighted by atomic mass is 35.5. The zero-order valence-corrected chi connectivity index (χ0v) is 11.3. The first-order chi connectivity index (χ1) is 9.69. The van der Waals surface area contributed by atoms with Gasteiger partial charge >= 0.3 is 5.97 Å². The van der Waals surface area contributed by atoms with Crippen LogP contribution in [0.15, 0.2) is 28.8 Å². The lowest BCUT2D eigenvalue weighted by Crippen LogP contribution is -2.05. The van der Waals surface area contributed by atoms with Crippen LogP contribution in [0.5, 0.6) is 0 Å². The summed E-state index contributed by atoms with van der Waals surface area (Å²) in [4.78, 5) is 15.5. The molecule has 0 unspecified atom stereocenters. The first-order valence-corrected chi connectivity index (χ1v) is 6.24. The zero-order chi connectivity index (χ0) is 14.4. The van der Waals surface area contributed by atoms with Gasteiger partial charge in [-0.15, -0.1) is 6.42 Å². The molecule has 5 nitrogen and oxygen atoms in total. The standard InChI is InChI=1S/C14H11ClN2O3/c1-2-9-19-13(18)8-7-12-16-14(17-20-12)10-3-5-11(15)6-4-10/h1,3-6H,7-9H2. The Labute approximate surface area is 120 Å². The average Bonchev–Trinajstić information content (AvgIpc) is 2.92. The fraction of sp³-hybridized carbons (Fsp3) is 0.214. The van der Waals surface area contributed by atoms with Crippen molar-refractivity contribution in [1.82, 2.24) is 10.1 Å². The van der Waals surface area contributed by atoms with Gasteiger partial charge in [-0.2, -0.15) is 4.98 Å². The van der Waals surface area contributed by atoms with E-state index in [9.17, 15) is 4.79 Å². The van der Waals surface area contributed by atoms with E-state index < -0.39 is 5.97 Å². The summed E-state index contributed by atoms with van der Waals surface area (Å²) in [6.07, 6.45) is 5.44. The van der Waals surface area contributed by atoms with Gasteiger partial charge in [-0.1, -0.05) is 22.7 Å². The minimum absolute atomic E-state index is 0.0291. The number of hydrogen-bond acceptors (Lipinski definition) is 5. The number of terminal acetylenes is 1. The van der Waals surface area contributed by atoms with Gasteiger partial charge in [-0.3, -0.25) is 4.79 Å². The zero-order valence-electron chi connectivity index (χ0n) is 10.5. The summed E-state index contributed by atoms with van der Waals surface area (Å²) < 4.78 is 9.80. The van der Waals surface area contributed by atoms with Crippen molar-refractivity contribution in [3.63, 3.8) is 0 Å². The van der Waals surface area contributed by atoms with Crippen LogP contribution in [0, 0.1) is 12.3 Å². The Kier molecular flexibility index (Phi) is 4.75. The Morgan fingerprint density at radius 2 is 2.15 bits per heavy atom. The van der Waals surface area contributed by atoms with Crippen LogP contribution in [0.3, 0.4) is 0 Å². The van der Waals surface area contributed by atoms with Crippen molar-refractivity contribution in [2.45, 2.75) is 12.8 Å². The van der Waals surface area contributed by atoms with Gasteiger partial charge in [0, 0.05) is 17.0 Å². The second-order valence-electron chi connectivity index (χ2n) is 3.88. The number of nitrogens with zero attached hydrogens (tertiary/aromatic N) is 2. The van der Waals surface area contributed by atoms with Gasteiger partial charge in [0.15, 0.2) is 6.61 Å². The lowest BCUT2D eigenvalue weighted by Gasteiger charge is -1.97. The normalized spacial score (nSPS) is 10.0. The number of esters is 1. The fourth-order valence-corrected chi connectivity index (χ4v) is 1.60. The van der Waals surface area contributed by atoms with E-state index in [1.165, 1.54) is 0 Å². The van der Waals surface area contributed by atoms with E-state index >= 15 is 0 Å². The third-order valence-corrected chi connectivity index (χ3v) is 2.68. The minimum atomic E-state index is -0.394. The van der Waals surface area contributed by atoms with Gasteiger partial charge in [-0.25, -0.2) is 0 Å². The fourth-order valence-electron chi connectivity index (χ4n) is 1.48. The predicted octanol–water partition coefficient (Wildman–Crippen LogP) is 2.50. The molecule has 2 aromatic rings. The molecule has 0 radical (unpaired) electrons. The molecule has 2 rings (SSSR count). The van der Waals surface area contributed by atoms with E-state index in [1.54, 1.807) is 24.3 Å². The number of rotatable bonds is 5. The number of carbonyl (C=O) groups is 1. The lowest BCUT2D eigenvalue weighted by molar-refractivity contribution is -0.142. The Morgan fingerprint density at radius 3 is 2.85 bits per heavy atom. The van der Waals surface area contributed by atoms with Crippen LogP contribution in [0.4, 0.5) is 0 Å². The maximum Gasteiger partial charge on any atom is 0.307 e. The van der Waals surface area contributed by atoms with Crippen LogP contribution in [0.25, 0.3) is 11.4 Å². The summed E-state index contributed by atoms with van der Waals surface area (Å²) in [5.41, 5.74) is 0.791. The van der Waals surface area contributed by atoms with Crippen molar-refractivity contribution >= 4 is 17.6 Å². The number of ether oxygens (including phenoxy) is 1. The maximum atomic E-state index is 11.3. The molecule has 0 saturated carbocycles. The highest BCUT2D eigenvalue weighted by Gasteiger charge is 2.11. The van der Waals surface area contributed by atoms with Crippen LogP contribution in [0.1, 0.15) is 12.3 Å². The minimum Gasteiger partial charge on any atom is -0.452 e. The third-order valence-electron chi connectivity index (χ3n) is 2.43. The van der Waals surface area contributed by atoms with E-state index in [0.717, 1.165) is 5.56 Å². The summed E-state index contributed by atoms with van der Waals surface area (Å²) in [5, 5.41) is 4.48. The van der Waals surface area contributed by atoms with Gasteiger partial charge in [0.25, 0.3) is 0 Å². The van der Waals surface area contributed by atoms with Crippen molar-refractivity contribution in [3.05, 3.63) is 35.2 Å². The van der Waals surface area contributed by atoms with Crippen molar-refractivity contribution in [1.29, 1.82) is 0 Å². The molecule has 0 bridgehead atoms. The molecule has 102 valence electrons. The molecular weight excluding hydrogens is 280 g/mol. The number of benzene rings is 1. The molecule has 20 heavy (non-hydrogen) atoms. The van der Waals surface area contributed by atoms with Crippen LogP contribution in [0.2, 0.25) is 5.02 Å². The quantitative estimate of drug-likeness (QED) is 0.625. The Morgan fingerprint density at radius 1 is 1.40 bits per heavy atom. The summed E-state index contributed by atoms with van der Waals surface area (Å²) >= 11 is 5.80. The van der Waals surface area contributed by atoms with Crippen molar-refractivity contribution in [2.75, 3.05) is 6.61 Å². The molecule has 1 aromatic heterocycles. The lowest BCUT2D eigenvalue weighted by atomic mass is 10.2.